The highest BCUT2D eigenvalue weighted by atomic mass is 15.0. The first-order valence-electron chi connectivity index (χ1n) is 16.4. The summed E-state index contributed by atoms with van der Waals surface area (Å²) in [4.78, 5) is 10.4. The first-order chi connectivity index (χ1) is 23.6. The molecule has 228 valence electrons. The second kappa shape index (κ2) is 9.90. The van der Waals surface area contributed by atoms with E-state index in [1.54, 1.807) is 0 Å². The molecule has 10 rings (SSSR count). The van der Waals surface area contributed by atoms with Gasteiger partial charge in [0.25, 0.3) is 0 Å². The number of hydrogen-bond donors (Lipinski definition) is 0. The highest BCUT2D eigenvalue weighted by Gasteiger charge is 2.25. The monoisotopic (exact) mass is 617 g/mol. The van der Waals surface area contributed by atoms with Crippen LogP contribution in [0.15, 0.2) is 133 Å². The fraction of sp³-hybridized carbons (Fsp3) is 0.0698. The highest BCUT2D eigenvalue weighted by molar-refractivity contribution is 6.39. The van der Waals surface area contributed by atoms with E-state index in [1.165, 1.54) is 65.4 Å². The molecule has 0 saturated heterocycles. The molecule has 10 aromatic rings. The maximum Gasteiger partial charge on any atom is 0.160 e. The molecule has 0 amide bonds. The van der Waals surface area contributed by atoms with Gasteiger partial charge in [-0.1, -0.05) is 97.1 Å². The van der Waals surface area contributed by atoms with E-state index in [-0.39, 0.29) is 0 Å². The molecule has 48 heavy (non-hydrogen) atoms. The molecule has 5 heteroatoms. The van der Waals surface area contributed by atoms with Gasteiger partial charge in [0.05, 0.1) is 27.9 Å². The molecule has 0 atom stereocenters. The van der Waals surface area contributed by atoms with Gasteiger partial charge in [-0.15, -0.1) is 0 Å². The van der Waals surface area contributed by atoms with Crippen molar-refractivity contribution in [2.45, 2.75) is 0 Å². The normalized spacial score (nSPS) is 12.1. The summed E-state index contributed by atoms with van der Waals surface area (Å²) in [5.41, 5.74) is 12.4. The molecule has 4 aromatic heterocycles. The molecule has 0 unspecified atom stereocenters. The zero-order valence-electron chi connectivity index (χ0n) is 26.9. The lowest BCUT2D eigenvalue weighted by Gasteiger charge is -2.10. The molecule has 0 radical (unpaired) electrons. The topological polar surface area (TPSA) is 40.6 Å². The van der Waals surface area contributed by atoms with Crippen LogP contribution in [0.3, 0.4) is 0 Å². The lowest BCUT2D eigenvalue weighted by molar-refractivity contribution is 1.00. The molecular formula is C43H31N5. The predicted molar refractivity (Wildman–Crippen MR) is 200 cm³/mol. The molecule has 6 aromatic carbocycles. The van der Waals surface area contributed by atoms with Gasteiger partial charge in [-0.2, -0.15) is 0 Å². The molecule has 5 nitrogen and oxygen atoms in total. The smallest absolute Gasteiger partial charge is 0.160 e. The molecule has 0 saturated carbocycles. The lowest BCUT2D eigenvalue weighted by atomic mass is 10.0. The van der Waals surface area contributed by atoms with Crippen molar-refractivity contribution in [3.05, 3.63) is 133 Å². The van der Waals surface area contributed by atoms with E-state index >= 15 is 0 Å². The van der Waals surface area contributed by atoms with E-state index < -0.39 is 0 Å². The number of aromatic nitrogens is 5. The standard InChI is InChI=1S/C43H31N5/c1-46-34-20-12-10-18-29(34)38-40(46)37-30-19-11-13-21-35(30)47(2)41(37)39-31-24-28(22-23-36(31)48(3)42(38)39)43-44-32(26-14-6-4-7-15-26)25-33(45-43)27-16-8-5-9-17-27/h4-25H,1-3H3. The van der Waals surface area contributed by atoms with E-state index in [0.717, 1.165) is 28.1 Å². The first kappa shape index (κ1) is 27.0. The number of aryl methyl sites for hydroxylation is 3. The molecular weight excluding hydrogens is 587 g/mol. The summed E-state index contributed by atoms with van der Waals surface area (Å²) in [6, 6.07) is 47.2. The van der Waals surface area contributed by atoms with Crippen LogP contribution < -0.4 is 0 Å². The van der Waals surface area contributed by atoms with E-state index in [4.69, 9.17) is 9.97 Å². The number of benzene rings is 6. The van der Waals surface area contributed by atoms with Crippen molar-refractivity contribution in [2.24, 2.45) is 21.1 Å². The van der Waals surface area contributed by atoms with Crippen LogP contribution in [0.4, 0.5) is 0 Å². The summed E-state index contributed by atoms with van der Waals surface area (Å²) in [5.74, 6) is 0.716. The quantitative estimate of drug-likeness (QED) is 0.198. The van der Waals surface area contributed by atoms with Crippen LogP contribution in [0.1, 0.15) is 0 Å². The van der Waals surface area contributed by atoms with Gasteiger partial charge in [-0.05, 0) is 36.4 Å². The largest absolute Gasteiger partial charge is 0.343 e. The Hall–Kier alpha value is -6.20. The summed E-state index contributed by atoms with van der Waals surface area (Å²) in [6.45, 7) is 0. The zero-order chi connectivity index (χ0) is 32.1. The van der Waals surface area contributed by atoms with Crippen molar-refractivity contribution < 1.29 is 0 Å². The van der Waals surface area contributed by atoms with Crippen LogP contribution in [0, 0.1) is 0 Å². The van der Waals surface area contributed by atoms with Crippen molar-refractivity contribution in [2.75, 3.05) is 0 Å². The molecule has 0 spiro atoms. The van der Waals surface area contributed by atoms with Crippen molar-refractivity contribution in [1.82, 2.24) is 23.7 Å². The fourth-order valence-electron chi connectivity index (χ4n) is 8.06. The van der Waals surface area contributed by atoms with E-state index in [1.807, 2.05) is 12.1 Å². The van der Waals surface area contributed by atoms with Gasteiger partial charge < -0.3 is 13.7 Å². The average molecular weight is 618 g/mol. The van der Waals surface area contributed by atoms with Crippen LogP contribution in [0.2, 0.25) is 0 Å². The second-order valence-corrected chi connectivity index (χ2v) is 12.8. The SMILES string of the molecule is Cn1c2ccccc2c2c1c1c3ccccc3n(C)c1c1c3cc(-c4nc(-c5ccccc5)cc(-c5ccccc5)n4)ccc3n(C)c21. The number of para-hydroxylation sites is 2. The van der Waals surface area contributed by atoms with Gasteiger partial charge in [0, 0.05) is 86.7 Å². The fourth-order valence-corrected chi connectivity index (χ4v) is 8.06. The minimum atomic E-state index is 0.716. The summed E-state index contributed by atoms with van der Waals surface area (Å²) >= 11 is 0. The van der Waals surface area contributed by atoms with Gasteiger partial charge >= 0.3 is 0 Å². The van der Waals surface area contributed by atoms with Gasteiger partial charge in [0.2, 0.25) is 0 Å². The number of fused-ring (bicyclic) bond motifs is 12. The number of rotatable bonds is 3. The van der Waals surface area contributed by atoms with Crippen molar-refractivity contribution in [1.29, 1.82) is 0 Å². The Morgan fingerprint density at radius 1 is 0.375 bits per heavy atom. The third-order valence-electron chi connectivity index (χ3n) is 10.2. The number of nitrogens with zero attached hydrogens (tertiary/aromatic N) is 5. The Bertz CT molecular complexity index is 2810. The van der Waals surface area contributed by atoms with Gasteiger partial charge in [-0.25, -0.2) is 9.97 Å². The summed E-state index contributed by atoms with van der Waals surface area (Å²) in [6.07, 6.45) is 0. The van der Waals surface area contributed by atoms with Crippen LogP contribution >= 0.6 is 0 Å². The maximum atomic E-state index is 5.18. The predicted octanol–water partition coefficient (Wildman–Crippen LogP) is 10.4. The molecule has 0 N–H and O–H groups in total. The van der Waals surface area contributed by atoms with Crippen molar-refractivity contribution in [3.8, 4) is 33.9 Å². The Morgan fingerprint density at radius 3 is 1.29 bits per heavy atom. The second-order valence-electron chi connectivity index (χ2n) is 12.8. The van der Waals surface area contributed by atoms with Crippen LogP contribution in [0.5, 0.6) is 0 Å². The van der Waals surface area contributed by atoms with Crippen molar-refractivity contribution in [3.63, 3.8) is 0 Å². The Kier molecular flexibility index (Phi) is 5.56. The summed E-state index contributed by atoms with van der Waals surface area (Å²) in [5, 5.41) is 7.58. The average Bonchev–Trinajstić information content (AvgIpc) is 3.73. The Balaban J connectivity index is 1.35. The minimum Gasteiger partial charge on any atom is -0.343 e. The van der Waals surface area contributed by atoms with Crippen LogP contribution in [-0.2, 0) is 21.1 Å². The zero-order valence-corrected chi connectivity index (χ0v) is 26.9. The molecule has 4 heterocycles. The minimum absolute atomic E-state index is 0.716. The molecule has 0 aliphatic heterocycles. The summed E-state index contributed by atoms with van der Waals surface area (Å²) in [7, 11) is 6.62. The third kappa shape index (κ3) is 3.61. The molecule has 0 aliphatic carbocycles. The third-order valence-corrected chi connectivity index (χ3v) is 10.2. The Morgan fingerprint density at radius 2 is 0.792 bits per heavy atom. The van der Waals surface area contributed by atoms with Crippen molar-refractivity contribution >= 4 is 65.4 Å². The van der Waals surface area contributed by atoms with Gasteiger partial charge in [-0.3, -0.25) is 0 Å². The number of hydrogen-bond acceptors (Lipinski definition) is 2. The lowest BCUT2D eigenvalue weighted by Crippen LogP contribution is -1.96. The van der Waals surface area contributed by atoms with E-state index in [0.29, 0.717) is 5.82 Å². The van der Waals surface area contributed by atoms with Crippen LogP contribution in [0.25, 0.3) is 99.3 Å². The molecule has 0 aliphatic rings. The van der Waals surface area contributed by atoms with Crippen LogP contribution in [-0.4, -0.2) is 23.7 Å². The Labute approximate surface area is 276 Å². The van der Waals surface area contributed by atoms with E-state index in [9.17, 15) is 0 Å². The molecule has 0 fully saturated rings. The first-order valence-corrected chi connectivity index (χ1v) is 16.4. The maximum absolute atomic E-state index is 5.18. The van der Waals surface area contributed by atoms with E-state index in [2.05, 4.69) is 156 Å². The highest BCUT2D eigenvalue weighted by Crippen LogP contribution is 2.47. The summed E-state index contributed by atoms with van der Waals surface area (Å²) < 4.78 is 7.16. The van der Waals surface area contributed by atoms with Gasteiger partial charge in [0.15, 0.2) is 5.82 Å². The van der Waals surface area contributed by atoms with Gasteiger partial charge in [0.1, 0.15) is 0 Å². The molecule has 0 bridgehead atoms.